The lowest BCUT2D eigenvalue weighted by atomic mass is 10.1. The molecule has 0 amide bonds. The maximum Gasteiger partial charge on any atom is 0.342 e. The Balaban J connectivity index is 2.75. The van der Waals surface area contributed by atoms with Gasteiger partial charge in [-0.1, -0.05) is 19.9 Å². The molecule has 2 N–H and O–H groups in total. The predicted molar refractivity (Wildman–Crippen MR) is 71.8 cm³/mol. The van der Waals surface area contributed by atoms with Crippen LogP contribution >= 0.6 is 0 Å². The molecule has 0 bridgehead atoms. The number of hydrogen-bond acceptors (Lipinski definition) is 4. The van der Waals surface area contributed by atoms with Crippen molar-refractivity contribution in [2.45, 2.75) is 27.2 Å². The van der Waals surface area contributed by atoms with Crippen molar-refractivity contribution in [1.82, 2.24) is 0 Å². The molecular weight excluding hydrogens is 230 g/mol. The van der Waals surface area contributed by atoms with E-state index in [1.807, 2.05) is 6.92 Å². The van der Waals surface area contributed by atoms with Crippen molar-refractivity contribution in [3.8, 4) is 5.75 Å². The molecule has 4 heteroatoms. The molecule has 0 aliphatic carbocycles. The molecule has 0 saturated heterocycles. The molecule has 0 unspecified atom stereocenters. The SMILES string of the molecule is CCOc1c(N)cccc1C(=O)OCCC(C)C. The van der Waals surface area contributed by atoms with Crippen molar-refractivity contribution in [1.29, 1.82) is 0 Å². The first kappa shape index (κ1) is 14.4. The number of carbonyl (C=O) groups is 1. The summed E-state index contributed by atoms with van der Waals surface area (Å²) in [7, 11) is 0. The normalized spacial score (nSPS) is 10.4. The van der Waals surface area contributed by atoms with Crippen molar-refractivity contribution in [3.05, 3.63) is 23.8 Å². The Hall–Kier alpha value is -1.71. The molecule has 1 aromatic carbocycles. The summed E-state index contributed by atoms with van der Waals surface area (Å²) in [5.74, 6) is 0.533. The molecule has 1 aromatic rings. The van der Waals surface area contributed by atoms with Crippen molar-refractivity contribution >= 4 is 11.7 Å². The Morgan fingerprint density at radius 3 is 2.72 bits per heavy atom. The molecular formula is C14H21NO3. The second-order valence-corrected chi connectivity index (χ2v) is 4.48. The van der Waals surface area contributed by atoms with E-state index in [4.69, 9.17) is 15.2 Å². The van der Waals surface area contributed by atoms with Gasteiger partial charge in [0.2, 0.25) is 0 Å². The lowest BCUT2D eigenvalue weighted by molar-refractivity contribution is 0.0484. The van der Waals surface area contributed by atoms with Crippen LogP contribution in [-0.4, -0.2) is 19.2 Å². The van der Waals surface area contributed by atoms with Gasteiger partial charge in [-0.15, -0.1) is 0 Å². The summed E-state index contributed by atoms with van der Waals surface area (Å²) in [5.41, 5.74) is 6.63. The molecule has 0 heterocycles. The summed E-state index contributed by atoms with van der Waals surface area (Å²) in [6.07, 6.45) is 0.845. The van der Waals surface area contributed by atoms with Crippen LogP contribution in [0.5, 0.6) is 5.75 Å². The second-order valence-electron chi connectivity index (χ2n) is 4.48. The van der Waals surface area contributed by atoms with Gasteiger partial charge >= 0.3 is 5.97 Å². The summed E-state index contributed by atoms with van der Waals surface area (Å²) in [6, 6.07) is 5.09. The molecule has 4 nitrogen and oxygen atoms in total. The number of ether oxygens (including phenoxy) is 2. The van der Waals surface area contributed by atoms with Crippen LogP contribution in [0.1, 0.15) is 37.6 Å². The van der Waals surface area contributed by atoms with Gasteiger partial charge in [-0.05, 0) is 31.4 Å². The zero-order chi connectivity index (χ0) is 13.5. The van der Waals surface area contributed by atoms with Gasteiger partial charge in [0, 0.05) is 0 Å². The van der Waals surface area contributed by atoms with Crippen molar-refractivity contribution in [2.75, 3.05) is 18.9 Å². The predicted octanol–water partition coefficient (Wildman–Crippen LogP) is 2.87. The Kier molecular flexibility index (Phi) is 5.49. The third kappa shape index (κ3) is 3.95. The Morgan fingerprint density at radius 1 is 1.39 bits per heavy atom. The molecule has 0 fully saturated rings. The van der Waals surface area contributed by atoms with Crippen LogP contribution < -0.4 is 10.5 Å². The fourth-order valence-electron chi connectivity index (χ4n) is 1.49. The van der Waals surface area contributed by atoms with E-state index in [0.29, 0.717) is 36.1 Å². The van der Waals surface area contributed by atoms with E-state index >= 15 is 0 Å². The Bertz CT molecular complexity index is 402. The van der Waals surface area contributed by atoms with E-state index in [1.165, 1.54) is 0 Å². The van der Waals surface area contributed by atoms with Gasteiger partial charge in [0.05, 0.1) is 18.9 Å². The average molecular weight is 251 g/mol. The monoisotopic (exact) mass is 251 g/mol. The number of rotatable bonds is 6. The zero-order valence-corrected chi connectivity index (χ0v) is 11.2. The van der Waals surface area contributed by atoms with E-state index in [1.54, 1.807) is 18.2 Å². The van der Waals surface area contributed by atoms with Crippen LogP contribution in [0.15, 0.2) is 18.2 Å². The third-order valence-corrected chi connectivity index (χ3v) is 2.48. The van der Waals surface area contributed by atoms with Crippen LogP contribution in [-0.2, 0) is 4.74 Å². The first-order valence-corrected chi connectivity index (χ1v) is 6.24. The van der Waals surface area contributed by atoms with Gasteiger partial charge in [-0.25, -0.2) is 4.79 Å². The number of nitrogen functional groups attached to an aromatic ring is 1. The summed E-state index contributed by atoms with van der Waals surface area (Å²) in [4.78, 5) is 11.9. The zero-order valence-electron chi connectivity index (χ0n) is 11.2. The molecule has 0 aliphatic heterocycles. The highest BCUT2D eigenvalue weighted by Gasteiger charge is 2.16. The van der Waals surface area contributed by atoms with E-state index in [-0.39, 0.29) is 5.97 Å². The lowest BCUT2D eigenvalue weighted by Gasteiger charge is -2.12. The van der Waals surface area contributed by atoms with E-state index < -0.39 is 0 Å². The second kappa shape index (κ2) is 6.89. The van der Waals surface area contributed by atoms with Crippen LogP contribution in [0.3, 0.4) is 0 Å². The van der Waals surface area contributed by atoms with Crippen LogP contribution in [0, 0.1) is 5.92 Å². The van der Waals surface area contributed by atoms with E-state index in [0.717, 1.165) is 6.42 Å². The molecule has 0 saturated carbocycles. The largest absolute Gasteiger partial charge is 0.491 e. The number of benzene rings is 1. The highest BCUT2D eigenvalue weighted by atomic mass is 16.5. The fourth-order valence-corrected chi connectivity index (χ4v) is 1.49. The van der Waals surface area contributed by atoms with Crippen LogP contribution in [0.25, 0.3) is 0 Å². The minimum atomic E-state index is -0.383. The number of carbonyl (C=O) groups excluding carboxylic acids is 1. The Labute approximate surface area is 108 Å². The molecule has 0 aliphatic rings. The van der Waals surface area contributed by atoms with Gasteiger partial charge in [0.1, 0.15) is 5.56 Å². The van der Waals surface area contributed by atoms with E-state index in [9.17, 15) is 4.79 Å². The number of esters is 1. The number of para-hydroxylation sites is 1. The first-order chi connectivity index (χ1) is 8.56. The highest BCUT2D eigenvalue weighted by molar-refractivity contribution is 5.94. The lowest BCUT2D eigenvalue weighted by Crippen LogP contribution is -2.11. The minimum absolute atomic E-state index is 0.383. The van der Waals surface area contributed by atoms with Crippen molar-refractivity contribution < 1.29 is 14.3 Å². The van der Waals surface area contributed by atoms with Crippen molar-refractivity contribution in [3.63, 3.8) is 0 Å². The van der Waals surface area contributed by atoms with Gasteiger partial charge in [0.15, 0.2) is 5.75 Å². The smallest absolute Gasteiger partial charge is 0.342 e. The molecule has 18 heavy (non-hydrogen) atoms. The number of hydrogen-bond donors (Lipinski definition) is 1. The summed E-state index contributed by atoms with van der Waals surface area (Å²) >= 11 is 0. The Morgan fingerprint density at radius 2 is 2.11 bits per heavy atom. The number of nitrogens with two attached hydrogens (primary N) is 1. The topological polar surface area (TPSA) is 61.5 Å². The van der Waals surface area contributed by atoms with Crippen molar-refractivity contribution in [2.24, 2.45) is 5.92 Å². The quantitative estimate of drug-likeness (QED) is 0.623. The van der Waals surface area contributed by atoms with Crippen LogP contribution in [0.2, 0.25) is 0 Å². The van der Waals surface area contributed by atoms with Gasteiger partial charge < -0.3 is 15.2 Å². The molecule has 0 aromatic heterocycles. The van der Waals surface area contributed by atoms with Gasteiger partial charge in [-0.3, -0.25) is 0 Å². The maximum atomic E-state index is 11.9. The summed E-state index contributed by atoms with van der Waals surface area (Å²) < 4.78 is 10.6. The molecule has 1 rings (SSSR count). The molecule has 0 spiro atoms. The highest BCUT2D eigenvalue weighted by Crippen LogP contribution is 2.27. The molecule has 100 valence electrons. The fraction of sp³-hybridized carbons (Fsp3) is 0.500. The van der Waals surface area contributed by atoms with Gasteiger partial charge in [-0.2, -0.15) is 0 Å². The standard InChI is InChI=1S/C14H21NO3/c1-4-17-13-11(6-5-7-12(13)15)14(16)18-9-8-10(2)3/h5-7,10H,4,8-9,15H2,1-3H3. The molecule has 0 radical (unpaired) electrons. The van der Waals surface area contributed by atoms with E-state index in [2.05, 4.69) is 13.8 Å². The summed E-state index contributed by atoms with van der Waals surface area (Å²) in [5, 5.41) is 0. The maximum absolute atomic E-state index is 11.9. The average Bonchev–Trinajstić information content (AvgIpc) is 2.31. The summed E-state index contributed by atoms with van der Waals surface area (Å²) in [6.45, 7) is 6.89. The van der Waals surface area contributed by atoms with Crippen LogP contribution in [0.4, 0.5) is 5.69 Å². The molecule has 0 atom stereocenters. The minimum Gasteiger partial charge on any atom is -0.491 e. The number of anilines is 1. The third-order valence-electron chi connectivity index (χ3n) is 2.48. The first-order valence-electron chi connectivity index (χ1n) is 6.24. The van der Waals surface area contributed by atoms with Gasteiger partial charge in [0.25, 0.3) is 0 Å².